The van der Waals surface area contributed by atoms with Crippen molar-refractivity contribution in [3.63, 3.8) is 0 Å². The summed E-state index contributed by atoms with van der Waals surface area (Å²) in [6.07, 6.45) is 1.75. The molecule has 0 spiro atoms. The van der Waals surface area contributed by atoms with Gasteiger partial charge in [0.15, 0.2) is 0 Å². The molecular weight excluding hydrogens is 331 g/mol. The molecule has 1 heterocycles. The second-order valence-electron chi connectivity index (χ2n) is 5.95. The van der Waals surface area contributed by atoms with Crippen molar-refractivity contribution in [3.05, 3.63) is 71.5 Å². The lowest BCUT2D eigenvalue weighted by Crippen LogP contribution is -2.29. The van der Waals surface area contributed by atoms with Gasteiger partial charge in [-0.25, -0.2) is 4.68 Å². The molecule has 0 aliphatic heterocycles. The lowest BCUT2D eigenvalue weighted by Gasteiger charge is -2.09. The third-order valence-electron chi connectivity index (χ3n) is 4.10. The van der Waals surface area contributed by atoms with E-state index in [1.165, 1.54) is 0 Å². The molecule has 0 saturated carbocycles. The molecule has 3 N–H and O–H groups in total. The van der Waals surface area contributed by atoms with Gasteiger partial charge in [0.05, 0.1) is 25.5 Å². The van der Waals surface area contributed by atoms with Crippen LogP contribution in [0.5, 0.6) is 5.75 Å². The van der Waals surface area contributed by atoms with E-state index in [1.807, 2.05) is 41.1 Å². The van der Waals surface area contributed by atoms with Crippen LogP contribution in [-0.4, -0.2) is 39.3 Å². The van der Waals surface area contributed by atoms with Gasteiger partial charge in [0.1, 0.15) is 5.75 Å². The number of nitrogens with zero attached hydrogens (tertiary/aromatic N) is 3. The van der Waals surface area contributed by atoms with Crippen LogP contribution in [0, 0.1) is 0 Å². The molecule has 7 nitrogen and oxygen atoms in total. The minimum absolute atomic E-state index is 0.482. The van der Waals surface area contributed by atoms with Crippen molar-refractivity contribution < 1.29 is 14.8 Å². The smallest absolute Gasteiger partial charge is 0.488 e. The predicted molar refractivity (Wildman–Crippen MR) is 98.9 cm³/mol. The van der Waals surface area contributed by atoms with Gasteiger partial charge in [-0.05, 0) is 28.7 Å². The Bertz CT molecular complexity index is 819. The van der Waals surface area contributed by atoms with E-state index in [0.29, 0.717) is 25.1 Å². The van der Waals surface area contributed by atoms with Crippen molar-refractivity contribution in [2.45, 2.75) is 19.6 Å². The SMILES string of the molecule is COc1ccc(Cn2nncc2CNCc2ccc(B(O)O)cc2)cc1. The van der Waals surface area contributed by atoms with E-state index in [0.717, 1.165) is 22.6 Å². The monoisotopic (exact) mass is 352 g/mol. The Kier molecular flexibility index (Phi) is 6.01. The van der Waals surface area contributed by atoms with Gasteiger partial charge in [-0.2, -0.15) is 0 Å². The van der Waals surface area contributed by atoms with Crippen molar-refractivity contribution >= 4 is 12.6 Å². The summed E-state index contributed by atoms with van der Waals surface area (Å²) >= 11 is 0. The highest BCUT2D eigenvalue weighted by Gasteiger charge is 2.10. The Labute approximate surface area is 152 Å². The number of hydrogen-bond donors (Lipinski definition) is 3. The predicted octanol–water partition coefficient (Wildman–Crippen LogP) is 0.305. The van der Waals surface area contributed by atoms with Gasteiger partial charge in [0.2, 0.25) is 0 Å². The van der Waals surface area contributed by atoms with E-state index in [4.69, 9.17) is 14.8 Å². The highest BCUT2D eigenvalue weighted by Crippen LogP contribution is 2.12. The van der Waals surface area contributed by atoms with Gasteiger partial charge in [-0.1, -0.05) is 41.6 Å². The van der Waals surface area contributed by atoms with Crippen LogP contribution in [-0.2, 0) is 19.6 Å². The molecule has 134 valence electrons. The van der Waals surface area contributed by atoms with E-state index in [2.05, 4.69) is 15.6 Å². The molecule has 0 bridgehead atoms. The minimum Gasteiger partial charge on any atom is -0.497 e. The van der Waals surface area contributed by atoms with Crippen molar-refractivity contribution in [2.75, 3.05) is 7.11 Å². The van der Waals surface area contributed by atoms with Crippen molar-refractivity contribution in [1.82, 2.24) is 20.3 Å². The third kappa shape index (κ3) is 4.69. The highest BCUT2D eigenvalue weighted by molar-refractivity contribution is 6.58. The average molecular weight is 352 g/mol. The van der Waals surface area contributed by atoms with E-state index in [9.17, 15) is 0 Å². The molecule has 0 unspecified atom stereocenters. The molecular formula is C18H21BN4O3. The van der Waals surface area contributed by atoms with Crippen LogP contribution in [0.15, 0.2) is 54.7 Å². The van der Waals surface area contributed by atoms with Gasteiger partial charge in [-0.3, -0.25) is 0 Å². The Balaban J connectivity index is 1.55. The van der Waals surface area contributed by atoms with Gasteiger partial charge >= 0.3 is 7.12 Å². The summed E-state index contributed by atoms with van der Waals surface area (Å²) in [6.45, 7) is 1.94. The van der Waals surface area contributed by atoms with E-state index >= 15 is 0 Å². The Morgan fingerprint density at radius 2 is 1.69 bits per heavy atom. The topological polar surface area (TPSA) is 92.4 Å². The van der Waals surface area contributed by atoms with Gasteiger partial charge in [0.25, 0.3) is 0 Å². The highest BCUT2D eigenvalue weighted by atomic mass is 16.5. The number of aromatic nitrogens is 3. The number of rotatable bonds is 8. The summed E-state index contributed by atoms with van der Waals surface area (Å²) in [4.78, 5) is 0. The fourth-order valence-corrected chi connectivity index (χ4v) is 2.60. The second-order valence-corrected chi connectivity index (χ2v) is 5.95. The van der Waals surface area contributed by atoms with Crippen molar-refractivity contribution in [1.29, 1.82) is 0 Å². The summed E-state index contributed by atoms with van der Waals surface area (Å²) in [7, 11) is 0.214. The number of nitrogens with one attached hydrogen (secondary N) is 1. The maximum atomic E-state index is 9.11. The molecule has 0 saturated heterocycles. The molecule has 0 atom stereocenters. The normalized spacial score (nSPS) is 10.7. The molecule has 0 radical (unpaired) electrons. The van der Waals surface area contributed by atoms with E-state index < -0.39 is 7.12 Å². The van der Waals surface area contributed by atoms with Crippen LogP contribution in [0.2, 0.25) is 0 Å². The van der Waals surface area contributed by atoms with E-state index in [1.54, 1.807) is 25.4 Å². The van der Waals surface area contributed by atoms with Crippen molar-refractivity contribution in [2.24, 2.45) is 0 Å². The van der Waals surface area contributed by atoms with E-state index in [-0.39, 0.29) is 0 Å². The maximum Gasteiger partial charge on any atom is 0.488 e. The number of hydrogen-bond acceptors (Lipinski definition) is 6. The first kappa shape index (κ1) is 18.1. The third-order valence-corrected chi connectivity index (χ3v) is 4.10. The number of ether oxygens (including phenoxy) is 1. The standard InChI is InChI=1S/C18H21BN4O3/c1-26-18-8-4-15(5-9-18)13-23-17(12-21-22-23)11-20-10-14-2-6-16(7-3-14)19(24)25/h2-9,12,20,24-25H,10-11,13H2,1H3. The summed E-state index contributed by atoms with van der Waals surface area (Å²) in [5, 5.41) is 29.7. The molecule has 8 heteroatoms. The van der Waals surface area contributed by atoms with Crippen LogP contribution in [0.25, 0.3) is 0 Å². The summed E-state index contributed by atoms with van der Waals surface area (Å²) in [5.41, 5.74) is 3.65. The summed E-state index contributed by atoms with van der Waals surface area (Å²) in [5.74, 6) is 0.828. The second kappa shape index (κ2) is 8.62. The lowest BCUT2D eigenvalue weighted by molar-refractivity contribution is 0.414. The Hall–Kier alpha value is -2.68. The molecule has 0 amide bonds. The lowest BCUT2D eigenvalue weighted by atomic mass is 9.80. The fourth-order valence-electron chi connectivity index (χ4n) is 2.60. The molecule has 3 aromatic rings. The Morgan fingerprint density at radius 3 is 2.35 bits per heavy atom. The molecule has 1 aromatic heterocycles. The molecule has 2 aromatic carbocycles. The van der Waals surface area contributed by atoms with Gasteiger partial charge in [0, 0.05) is 13.1 Å². The van der Waals surface area contributed by atoms with Crippen LogP contribution in [0.1, 0.15) is 16.8 Å². The summed E-state index contributed by atoms with van der Waals surface area (Å²) < 4.78 is 7.03. The fraction of sp³-hybridized carbons (Fsp3) is 0.222. The zero-order valence-electron chi connectivity index (χ0n) is 14.5. The first-order chi connectivity index (χ1) is 12.7. The molecule has 0 aliphatic rings. The zero-order valence-corrected chi connectivity index (χ0v) is 14.5. The van der Waals surface area contributed by atoms with Crippen LogP contribution < -0.4 is 15.5 Å². The van der Waals surface area contributed by atoms with Gasteiger partial charge < -0.3 is 20.1 Å². The molecule has 3 rings (SSSR count). The zero-order chi connectivity index (χ0) is 18.4. The van der Waals surface area contributed by atoms with Gasteiger partial charge in [-0.15, -0.1) is 5.10 Å². The van der Waals surface area contributed by atoms with Crippen LogP contribution in [0.4, 0.5) is 0 Å². The van der Waals surface area contributed by atoms with Crippen molar-refractivity contribution in [3.8, 4) is 5.75 Å². The minimum atomic E-state index is -1.43. The molecule has 0 fully saturated rings. The summed E-state index contributed by atoms with van der Waals surface area (Å²) in [6, 6.07) is 15.0. The van der Waals surface area contributed by atoms with Crippen LogP contribution in [0.3, 0.4) is 0 Å². The van der Waals surface area contributed by atoms with Crippen LogP contribution >= 0.6 is 0 Å². The average Bonchev–Trinajstić information content (AvgIpc) is 3.10. The first-order valence-electron chi connectivity index (χ1n) is 8.31. The molecule has 0 aliphatic carbocycles. The largest absolute Gasteiger partial charge is 0.497 e. The Morgan fingerprint density at radius 1 is 1.00 bits per heavy atom. The maximum absolute atomic E-state index is 9.11. The quantitative estimate of drug-likeness (QED) is 0.505. The molecule has 26 heavy (non-hydrogen) atoms. The number of methoxy groups -OCH3 is 1. The number of benzene rings is 2. The first-order valence-corrected chi connectivity index (χ1v) is 8.31.